The molecule has 1 aromatic heterocycles. The van der Waals surface area contributed by atoms with Crippen molar-refractivity contribution >= 4 is 10.0 Å². The van der Waals surface area contributed by atoms with Gasteiger partial charge in [0.2, 0.25) is 5.09 Å². The van der Waals surface area contributed by atoms with Crippen molar-refractivity contribution in [3.8, 4) is 0 Å². The van der Waals surface area contributed by atoms with Crippen LogP contribution in [0.1, 0.15) is 63.5 Å². The summed E-state index contributed by atoms with van der Waals surface area (Å²) in [6, 6.07) is 4.18. The molecule has 0 unspecified atom stereocenters. The molecule has 0 spiro atoms. The summed E-state index contributed by atoms with van der Waals surface area (Å²) in [5, 5.41) is 0.123. The first kappa shape index (κ1) is 17.6. The molecule has 0 bridgehead atoms. The van der Waals surface area contributed by atoms with E-state index in [4.69, 9.17) is 4.42 Å². The van der Waals surface area contributed by atoms with Gasteiger partial charge < -0.3 is 4.42 Å². The van der Waals surface area contributed by atoms with Gasteiger partial charge in [0.15, 0.2) is 0 Å². The van der Waals surface area contributed by atoms with Gasteiger partial charge in [-0.3, -0.25) is 4.90 Å². The summed E-state index contributed by atoms with van der Waals surface area (Å²) in [7, 11) is -3.44. The van der Waals surface area contributed by atoms with E-state index in [0.29, 0.717) is 19.1 Å². The Morgan fingerprint density at radius 3 is 2.40 bits per heavy atom. The van der Waals surface area contributed by atoms with Gasteiger partial charge in [0, 0.05) is 25.7 Å². The molecule has 4 rings (SSSR count). The number of furan rings is 1. The first-order valence-corrected chi connectivity index (χ1v) is 11.4. The molecule has 6 heteroatoms. The van der Waals surface area contributed by atoms with Crippen molar-refractivity contribution in [2.45, 2.75) is 75.5 Å². The summed E-state index contributed by atoms with van der Waals surface area (Å²) in [5.41, 5.74) is 0. The Hall–Kier alpha value is -0.850. The topological polar surface area (TPSA) is 53.8 Å². The highest BCUT2D eigenvalue weighted by molar-refractivity contribution is 7.89. The van der Waals surface area contributed by atoms with Gasteiger partial charge in [-0.05, 0) is 56.6 Å². The molecule has 1 aliphatic heterocycles. The summed E-state index contributed by atoms with van der Waals surface area (Å²) in [6.45, 7) is 3.12. The van der Waals surface area contributed by atoms with E-state index in [1.54, 1.807) is 10.4 Å². The summed E-state index contributed by atoms with van der Waals surface area (Å²) >= 11 is 0. The van der Waals surface area contributed by atoms with E-state index in [-0.39, 0.29) is 5.09 Å². The maximum Gasteiger partial charge on any atom is 0.276 e. The maximum atomic E-state index is 12.6. The van der Waals surface area contributed by atoms with Crippen LogP contribution in [-0.4, -0.2) is 43.3 Å². The van der Waals surface area contributed by atoms with Gasteiger partial charge in [0.05, 0.1) is 6.54 Å². The molecule has 0 aromatic carbocycles. The van der Waals surface area contributed by atoms with Crippen LogP contribution in [0.4, 0.5) is 0 Å². The molecule has 0 N–H and O–H groups in total. The van der Waals surface area contributed by atoms with Crippen LogP contribution < -0.4 is 0 Å². The van der Waals surface area contributed by atoms with E-state index in [0.717, 1.165) is 37.6 Å². The fraction of sp³-hybridized carbons (Fsp3) is 0.789. The van der Waals surface area contributed by atoms with Crippen molar-refractivity contribution in [1.29, 1.82) is 0 Å². The predicted molar refractivity (Wildman–Crippen MR) is 96.7 cm³/mol. The van der Waals surface area contributed by atoms with Gasteiger partial charge >= 0.3 is 0 Å². The summed E-state index contributed by atoms with van der Waals surface area (Å²) in [5.74, 6) is 1.59. The molecule has 5 nitrogen and oxygen atoms in total. The third-order valence-corrected chi connectivity index (χ3v) is 7.71. The largest absolute Gasteiger partial charge is 0.447 e. The van der Waals surface area contributed by atoms with Gasteiger partial charge in [-0.15, -0.1) is 0 Å². The second-order valence-corrected chi connectivity index (χ2v) is 9.87. The lowest BCUT2D eigenvalue weighted by Crippen LogP contribution is -2.32. The zero-order valence-electron chi connectivity index (χ0n) is 15.0. The highest BCUT2D eigenvalue weighted by Crippen LogP contribution is 2.33. The molecule has 3 fully saturated rings. The molecule has 2 heterocycles. The number of nitrogens with zero attached hydrogens (tertiary/aromatic N) is 2. The SMILES string of the molecule is O=S(=O)(c1ccc(CN(CC2CCCCC2)C2CC2)o1)N1CCCC1. The minimum Gasteiger partial charge on any atom is -0.447 e. The van der Waals surface area contributed by atoms with Crippen LogP contribution in [0.5, 0.6) is 0 Å². The molecule has 2 saturated carbocycles. The van der Waals surface area contributed by atoms with Crippen LogP contribution in [0, 0.1) is 5.92 Å². The van der Waals surface area contributed by atoms with E-state index in [9.17, 15) is 8.42 Å². The van der Waals surface area contributed by atoms with E-state index in [1.165, 1.54) is 44.9 Å². The third-order valence-electron chi connectivity index (χ3n) is 5.94. The second-order valence-electron chi connectivity index (χ2n) is 8.00. The number of hydrogen-bond donors (Lipinski definition) is 0. The van der Waals surface area contributed by atoms with Gasteiger partial charge in [-0.2, -0.15) is 4.31 Å². The van der Waals surface area contributed by atoms with Crippen LogP contribution in [0.15, 0.2) is 21.6 Å². The minimum atomic E-state index is -3.44. The Bertz CT molecular complexity index is 669. The number of hydrogen-bond acceptors (Lipinski definition) is 4. The summed E-state index contributed by atoms with van der Waals surface area (Å²) in [4.78, 5) is 2.53. The predicted octanol–water partition coefficient (Wildman–Crippen LogP) is 3.61. The molecule has 0 radical (unpaired) electrons. The smallest absolute Gasteiger partial charge is 0.276 e. The molecule has 2 aliphatic carbocycles. The van der Waals surface area contributed by atoms with Crippen molar-refractivity contribution < 1.29 is 12.8 Å². The van der Waals surface area contributed by atoms with E-state index >= 15 is 0 Å². The van der Waals surface area contributed by atoms with Crippen LogP contribution in [-0.2, 0) is 16.6 Å². The van der Waals surface area contributed by atoms with Gasteiger partial charge in [-0.25, -0.2) is 8.42 Å². The van der Waals surface area contributed by atoms with Crippen molar-refractivity contribution in [3.63, 3.8) is 0 Å². The maximum absolute atomic E-state index is 12.6. The molecule has 1 saturated heterocycles. The Labute approximate surface area is 151 Å². The summed E-state index contributed by atoms with van der Waals surface area (Å²) < 4.78 is 32.6. The second kappa shape index (κ2) is 7.41. The summed E-state index contributed by atoms with van der Waals surface area (Å²) in [6.07, 6.45) is 11.2. The first-order chi connectivity index (χ1) is 12.1. The molecule has 3 aliphatic rings. The first-order valence-electron chi connectivity index (χ1n) is 9.96. The highest BCUT2D eigenvalue weighted by Gasteiger charge is 2.33. The lowest BCUT2D eigenvalue weighted by atomic mass is 9.89. The minimum absolute atomic E-state index is 0.123. The van der Waals surface area contributed by atoms with Crippen molar-refractivity contribution in [2.24, 2.45) is 5.92 Å². The average Bonchev–Trinajstić information content (AvgIpc) is 3.11. The quantitative estimate of drug-likeness (QED) is 0.740. The van der Waals surface area contributed by atoms with Gasteiger partial charge in [0.1, 0.15) is 5.76 Å². The molecule has 0 amide bonds. The molecule has 25 heavy (non-hydrogen) atoms. The van der Waals surface area contributed by atoms with E-state index < -0.39 is 10.0 Å². The van der Waals surface area contributed by atoms with Crippen LogP contribution in [0.25, 0.3) is 0 Å². The monoisotopic (exact) mass is 366 g/mol. The van der Waals surface area contributed by atoms with Crippen LogP contribution >= 0.6 is 0 Å². The number of sulfonamides is 1. The lowest BCUT2D eigenvalue weighted by molar-refractivity contribution is 0.171. The Morgan fingerprint density at radius 1 is 1.00 bits per heavy atom. The van der Waals surface area contributed by atoms with Gasteiger partial charge in [0.25, 0.3) is 10.0 Å². The fourth-order valence-corrected chi connectivity index (χ4v) is 5.77. The standard InChI is InChI=1S/C19H30N2O3S/c22-25(23,21-12-4-5-13-21)19-11-10-18(24-19)15-20(17-8-9-17)14-16-6-2-1-3-7-16/h10-11,16-17H,1-9,12-15H2. The average molecular weight is 367 g/mol. The van der Waals surface area contributed by atoms with E-state index in [1.807, 2.05) is 6.07 Å². The van der Waals surface area contributed by atoms with Crippen molar-refractivity contribution in [3.05, 3.63) is 17.9 Å². The lowest BCUT2D eigenvalue weighted by Gasteiger charge is -2.29. The zero-order chi connectivity index (χ0) is 17.3. The van der Waals surface area contributed by atoms with Crippen LogP contribution in [0.2, 0.25) is 0 Å². The van der Waals surface area contributed by atoms with Crippen molar-refractivity contribution in [2.75, 3.05) is 19.6 Å². The molecular formula is C19H30N2O3S. The molecule has 140 valence electrons. The van der Waals surface area contributed by atoms with Gasteiger partial charge in [-0.1, -0.05) is 19.3 Å². The van der Waals surface area contributed by atoms with E-state index in [2.05, 4.69) is 4.90 Å². The Morgan fingerprint density at radius 2 is 1.72 bits per heavy atom. The van der Waals surface area contributed by atoms with Crippen molar-refractivity contribution in [1.82, 2.24) is 9.21 Å². The zero-order valence-corrected chi connectivity index (χ0v) is 15.8. The highest BCUT2D eigenvalue weighted by atomic mass is 32.2. The number of rotatable bonds is 7. The molecule has 0 atom stereocenters. The Balaban J connectivity index is 1.41. The normalized spacial score (nSPS) is 23.6. The molecular weight excluding hydrogens is 336 g/mol. The van der Waals surface area contributed by atoms with Crippen LogP contribution in [0.3, 0.4) is 0 Å². The fourth-order valence-electron chi connectivity index (χ4n) is 4.32. The Kier molecular flexibility index (Phi) is 5.20. The molecule has 1 aromatic rings. The third kappa shape index (κ3) is 4.12.